The van der Waals surface area contributed by atoms with Gasteiger partial charge in [-0.15, -0.1) is 0 Å². The number of nitrogens with zero attached hydrogens (tertiary/aromatic N) is 2. The van der Waals surface area contributed by atoms with E-state index < -0.39 is 0 Å². The number of nitrogens with one attached hydrogen (secondary N) is 1. The van der Waals surface area contributed by atoms with E-state index in [2.05, 4.69) is 11.6 Å². The maximum atomic E-state index is 6.18. The molecule has 0 saturated heterocycles. The van der Waals surface area contributed by atoms with Crippen LogP contribution in [0, 0.1) is 4.77 Å². The summed E-state index contributed by atoms with van der Waals surface area (Å²) in [6.07, 6.45) is 3.96. The lowest BCUT2D eigenvalue weighted by Gasteiger charge is -2.15. The van der Waals surface area contributed by atoms with Gasteiger partial charge in [0.1, 0.15) is 6.54 Å². The number of imidazole rings is 1. The van der Waals surface area contributed by atoms with Crippen molar-refractivity contribution in [3.8, 4) is 0 Å². The summed E-state index contributed by atoms with van der Waals surface area (Å²) in [6.45, 7) is 1.63. The number of halogens is 2. The summed E-state index contributed by atoms with van der Waals surface area (Å²) in [7, 11) is 4.06. The van der Waals surface area contributed by atoms with Crippen LogP contribution in [-0.2, 0) is 20.3 Å². The molecule has 1 unspecified atom stereocenters. The minimum Gasteiger partial charge on any atom is -0.327 e. The second-order valence-electron chi connectivity index (χ2n) is 4.69. The van der Waals surface area contributed by atoms with Crippen molar-refractivity contribution in [3.05, 3.63) is 51.0 Å². The maximum absolute atomic E-state index is 6.18. The summed E-state index contributed by atoms with van der Waals surface area (Å²) in [4.78, 5) is 1.30. The monoisotopic (exact) mass is 316 g/mol. The van der Waals surface area contributed by atoms with Crippen LogP contribution < -0.4 is 4.90 Å². The van der Waals surface area contributed by atoms with Gasteiger partial charge in [0, 0.05) is 30.0 Å². The van der Waals surface area contributed by atoms with Crippen LogP contribution in [0.2, 0.25) is 10.0 Å². The standard InChI is InChI=1S/C13H15Cl2N3S/c1-16(9-18-6-5-17(2)13(18)19)8-10-3-4-11(14)7-12(10)15/h3-7H,8-9H2,1-2H3/p+1. The van der Waals surface area contributed by atoms with Gasteiger partial charge in [-0.3, -0.25) is 4.57 Å². The fourth-order valence-corrected chi connectivity index (χ4v) is 2.63. The predicted octanol–water partition coefficient (Wildman–Crippen LogP) is 2.54. The molecule has 0 amide bonds. The van der Waals surface area contributed by atoms with E-state index in [1.54, 1.807) is 6.07 Å². The topological polar surface area (TPSA) is 14.3 Å². The van der Waals surface area contributed by atoms with E-state index in [-0.39, 0.29) is 0 Å². The normalized spacial score (nSPS) is 12.6. The number of rotatable bonds is 4. The van der Waals surface area contributed by atoms with Crippen molar-refractivity contribution in [1.29, 1.82) is 0 Å². The Bertz CT molecular complexity index is 633. The van der Waals surface area contributed by atoms with Crippen LogP contribution in [0.25, 0.3) is 0 Å². The lowest BCUT2D eigenvalue weighted by Crippen LogP contribution is -3.06. The molecule has 0 aliphatic rings. The number of aromatic nitrogens is 2. The molecule has 19 heavy (non-hydrogen) atoms. The second kappa shape index (κ2) is 6.09. The van der Waals surface area contributed by atoms with E-state index in [4.69, 9.17) is 35.4 Å². The van der Waals surface area contributed by atoms with E-state index >= 15 is 0 Å². The van der Waals surface area contributed by atoms with Gasteiger partial charge in [0.2, 0.25) is 0 Å². The third kappa shape index (κ3) is 3.60. The van der Waals surface area contributed by atoms with Crippen LogP contribution in [-0.4, -0.2) is 16.2 Å². The molecule has 1 atom stereocenters. The quantitative estimate of drug-likeness (QED) is 0.856. The number of aryl methyl sites for hydroxylation is 1. The van der Waals surface area contributed by atoms with Gasteiger partial charge in [-0.05, 0) is 24.4 Å². The molecule has 0 fully saturated rings. The largest absolute Gasteiger partial charge is 0.327 e. The number of hydrogen-bond donors (Lipinski definition) is 1. The first-order valence-corrected chi connectivity index (χ1v) is 7.11. The van der Waals surface area contributed by atoms with Crippen LogP contribution in [0.1, 0.15) is 5.56 Å². The number of benzene rings is 1. The Morgan fingerprint density at radius 2 is 2.00 bits per heavy atom. The Balaban J connectivity index is 2.07. The molecule has 1 aromatic heterocycles. The predicted molar refractivity (Wildman–Crippen MR) is 81.3 cm³/mol. The highest BCUT2D eigenvalue weighted by atomic mass is 35.5. The molecule has 6 heteroatoms. The van der Waals surface area contributed by atoms with Crippen LogP contribution >= 0.6 is 35.4 Å². The van der Waals surface area contributed by atoms with Crippen LogP contribution in [0.4, 0.5) is 0 Å². The summed E-state index contributed by atoms with van der Waals surface area (Å²) in [5.74, 6) is 0. The highest BCUT2D eigenvalue weighted by molar-refractivity contribution is 7.71. The van der Waals surface area contributed by atoms with Crippen molar-refractivity contribution in [2.24, 2.45) is 7.05 Å². The average Bonchev–Trinajstić information content (AvgIpc) is 2.65. The minimum atomic E-state index is 0.664. The van der Waals surface area contributed by atoms with E-state index in [0.29, 0.717) is 10.0 Å². The average molecular weight is 317 g/mol. The second-order valence-corrected chi connectivity index (χ2v) is 5.90. The summed E-state index contributed by atoms with van der Waals surface area (Å²) in [5.41, 5.74) is 1.09. The fourth-order valence-electron chi connectivity index (χ4n) is 1.97. The highest BCUT2D eigenvalue weighted by Gasteiger charge is 2.09. The molecule has 3 nitrogen and oxygen atoms in total. The Morgan fingerprint density at radius 3 is 2.58 bits per heavy atom. The number of hydrogen-bond acceptors (Lipinski definition) is 1. The molecular formula is C13H16Cl2N3S+. The minimum absolute atomic E-state index is 0.664. The van der Waals surface area contributed by atoms with Crippen LogP contribution in [0.15, 0.2) is 30.6 Å². The summed E-state index contributed by atoms with van der Waals surface area (Å²) in [5, 5.41) is 1.38. The Hall–Kier alpha value is -0.810. The van der Waals surface area contributed by atoms with Crippen molar-refractivity contribution in [3.63, 3.8) is 0 Å². The van der Waals surface area contributed by atoms with Crippen molar-refractivity contribution in [2.75, 3.05) is 7.05 Å². The van der Waals surface area contributed by atoms with Gasteiger partial charge in [-0.25, -0.2) is 0 Å². The van der Waals surface area contributed by atoms with Gasteiger partial charge < -0.3 is 9.47 Å². The Labute approximate surface area is 128 Å². The van der Waals surface area contributed by atoms with Crippen molar-refractivity contribution in [2.45, 2.75) is 13.2 Å². The summed E-state index contributed by atoms with van der Waals surface area (Å²) < 4.78 is 4.80. The van der Waals surface area contributed by atoms with Crippen molar-refractivity contribution >= 4 is 35.4 Å². The van der Waals surface area contributed by atoms with E-state index in [0.717, 1.165) is 23.5 Å². The van der Waals surface area contributed by atoms with Gasteiger partial charge >= 0.3 is 0 Å². The molecule has 2 aromatic rings. The summed E-state index contributed by atoms with van der Waals surface area (Å²) in [6, 6.07) is 5.61. The Morgan fingerprint density at radius 1 is 1.26 bits per heavy atom. The first-order valence-electron chi connectivity index (χ1n) is 5.94. The van der Waals surface area contributed by atoms with Crippen molar-refractivity contribution < 1.29 is 4.90 Å². The zero-order chi connectivity index (χ0) is 14.0. The Kier molecular flexibility index (Phi) is 4.68. The molecule has 0 radical (unpaired) electrons. The molecule has 0 saturated carbocycles. The SMILES string of the molecule is Cn1ccn(C[NH+](C)Cc2ccc(Cl)cc2Cl)c1=S. The lowest BCUT2D eigenvalue weighted by molar-refractivity contribution is -0.917. The third-order valence-electron chi connectivity index (χ3n) is 2.97. The third-order valence-corrected chi connectivity index (χ3v) is 4.07. The van der Waals surface area contributed by atoms with Crippen molar-refractivity contribution in [1.82, 2.24) is 9.13 Å². The molecule has 0 spiro atoms. The highest BCUT2D eigenvalue weighted by Crippen LogP contribution is 2.20. The lowest BCUT2D eigenvalue weighted by atomic mass is 10.2. The van der Waals surface area contributed by atoms with Gasteiger partial charge in [0.25, 0.3) is 0 Å². The fraction of sp³-hybridized carbons (Fsp3) is 0.308. The van der Waals surface area contributed by atoms with E-state index in [9.17, 15) is 0 Å². The molecule has 0 aliphatic carbocycles. The smallest absolute Gasteiger partial charge is 0.183 e. The summed E-state index contributed by atoms with van der Waals surface area (Å²) >= 11 is 17.4. The molecule has 2 rings (SSSR count). The molecule has 0 aliphatic heterocycles. The van der Waals surface area contributed by atoms with E-state index in [1.165, 1.54) is 4.90 Å². The molecular weight excluding hydrogens is 301 g/mol. The number of quaternary nitrogens is 1. The molecule has 1 heterocycles. The first kappa shape index (κ1) is 14.6. The zero-order valence-electron chi connectivity index (χ0n) is 10.9. The molecule has 102 valence electrons. The van der Waals surface area contributed by atoms with Crippen LogP contribution in [0.3, 0.4) is 0 Å². The van der Waals surface area contributed by atoms with Gasteiger partial charge in [-0.2, -0.15) is 0 Å². The molecule has 1 aromatic carbocycles. The van der Waals surface area contributed by atoms with Gasteiger partial charge in [0.05, 0.1) is 12.1 Å². The molecule has 0 bridgehead atoms. The van der Waals surface area contributed by atoms with E-state index in [1.807, 2.05) is 36.1 Å². The first-order chi connectivity index (χ1) is 8.97. The molecule has 1 N–H and O–H groups in total. The zero-order valence-corrected chi connectivity index (χ0v) is 13.2. The van der Waals surface area contributed by atoms with Gasteiger partial charge in [0.15, 0.2) is 11.4 Å². The maximum Gasteiger partial charge on any atom is 0.183 e. The van der Waals surface area contributed by atoms with Crippen LogP contribution in [0.5, 0.6) is 0 Å². The van der Waals surface area contributed by atoms with Gasteiger partial charge in [-0.1, -0.05) is 29.3 Å².